The highest BCUT2D eigenvalue weighted by Crippen LogP contribution is 2.37. The third-order valence-electron chi connectivity index (χ3n) is 3.41. The maximum atomic E-state index is 14.0. The Labute approximate surface area is 117 Å². The van der Waals surface area contributed by atoms with Crippen molar-refractivity contribution in [2.45, 2.75) is 18.6 Å². The Morgan fingerprint density at radius 3 is 2.71 bits per heavy atom. The molecule has 0 bridgehead atoms. The van der Waals surface area contributed by atoms with Gasteiger partial charge in [-0.15, -0.1) is 0 Å². The number of nitrogens with zero attached hydrogens (tertiary/aromatic N) is 2. The van der Waals surface area contributed by atoms with E-state index < -0.39 is 46.0 Å². The van der Waals surface area contributed by atoms with E-state index in [4.69, 9.17) is 9.84 Å². The summed E-state index contributed by atoms with van der Waals surface area (Å²) in [5, 5.41) is 20.1. The number of halogens is 2. The minimum Gasteiger partial charge on any atom is -0.480 e. The first-order chi connectivity index (χ1) is 9.86. The van der Waals surface area contributed by atoms with Crippen molar-refractivity contribution in [2.24, 2.45) is 0 Å². The minimum atomic E-state index is -1.44. The Morgan fingerprint density at radius 1 is 1.52 bits per heavy atom. The second kappa shape index (κ2) is 5.60. The van der Waals surface area contributed by atoms with Gasteiger partial charge < -0.3 is 14.7 Å². The summed E-state index contributed by atoms with van der Waals surface area (Å²) in [6.07, 6.45) is -0.507. The molecule has 1 saturated heterocycles. The van der Waals surface area contributed by atoms with Gasteiger partial charge in [0.1, 0.15) is 6.04 Å². The summed E-state index contributed by atoms with van der Waals surface area (Å²) in [6.45, 7) is -0.0747. The van der Waals surface area contributed by atoms with E-state index >= 15 is 0 Å². The van der Waals surface area contributed by atoms with Crippen LogP contribution in [0.2, 0.25) is 0 Å². The summed E-state index contributed by atoms with van der Waals surface area (Å²) in [5.74, 6) is -4.00. The van der Waals surface area contributed by atoms with E-state index in [0.717, 1.165) is 11.0 Å². The predicted molar refractivity (Wildman–Crippen MR) is 67.2 cm³/mol. The zero-order valence-electron chi connectivity index (χ0n) is 11.0. The van der Waals surface area contributed by atoms with Gasteiger partial charge in [-0.2, -0.15) is 0 Å². The topological polar surface area (TPSA) is 92.9 Å². The van der Waals surface area contributed by atoms with Gasteiger partial charge in [0, 0.05) is 26.1 Å². The lowest BCUT2D eigenvalue weighted by molar-refractivity contribution is -0.384. The van der Waals surface area contributed by atoms with E-state index in [1.807, 2.05) is 0 Å². The van der Waals surface area contributed by atoms with Crippen molar-refractivity contribution in [3.63, 3.8) is 0 Å². The molecule has 0 aromatic heterocycles. The molecule has 0 amide bonds. The van der Waals surface area contributed by atoms with Gasteiger partial charge in [0.2, 0.25) is 0 Å². The van der Waals surface area contributed by atoms with E-state index in [1.165, 1.54) is 7.11 Å². The van der Waals surface area contributed by atoms with Crippen LogP contribution in [-0.2, 0) is 9.53 Å². The van der Waals surface area contributed by atoms with Gasteiger partial charge in [-0.25, -0.2) is 13.6 Å². The van der Waals surface area contributed by atoms with Crippen molar-refractivity contribution in [1.29, 1.82) is 0 Å². The minimum absolute atomic E-state index is 0.0267. The second-order valence-corrected chi connectivity index (χ2v) is 4.59. The van der Waals surface area contributed by atoms with Gasteiger partial charge in [-0.3, -0.25) is 10.1 Å². The van der Waals surface area contributed by atoms with E-state index in [9.17, 15) is 23.7 Å². The molecule has 0 saturated carbocycles. The molecule has 1 aliphatic rings. The van der Waals surface area contributed by atoms with Crippen LogP contribution in [0.4, 0.5) is 20.2 Å². The Bertz CT molecular complexity index is 595. The van der Waals surface area contributed by atoms with Crippen molar-refractivity contribution in [2.75, 3.05) is 18.6 Å². The van der Waals surface area contributed by atoms with Crippen molar-refractivity contribution in [3.8, 4) is 0 Å². The zero-order chi connectivity index (χ0) is 15.7. The van der Waals surface area contributed by atoms with Crippen molar-refractivity contribution >= 4 is 17.3 Å². The van der Waals surface area contributed by atoms with Crippen molar-refractivity contribution in [1.82, 2.24) is 0 Å². The van der Waals surface area contributed by atoms with Gasteiger partial charge >= 0.3 is 5.97 Å². The molecule has 1 aromatic carbocycles. The molecule has 0 spiro atoms. The lowest BCUT2D eigenvalue weighted by Gasteiger charge is -2.23. The SMILES string of the molecule is COC1CC(C(=O)O)N(c2c([N+](=O)[O-])ccc(F)c2F)C1. The zero-order valence-corrected chi connectivity index (χ0v) is 11.0. The first-order valence-electron chi connectivity index (χ1n) is 6.01. The quantitative estimate of drug-likeness (QED) is 0.670. The van der Waals surface area contributed by atoms with Crippen LogP contribution in [-0.4, -0.2) is 41.8 Å². The molecule has 1 N–H and O–H groups in total. The van der Waals surface area contributed by atoms with Crippen LogP contribution >= 0.6 is 0 Å². The van der Waals surface area contributed by atoms with Crippen LogP contribution in [0.15, 0.2) is 12.1 Å². The van der Waals surface area contributed by atoms with Crippen LogP contribution in [0.5, 0.6) is 0 Å². The fourth-order valence-electron chi connectivity index (χ4n) is 2.40. The highest BCUT2D eigenvalue weighted by molar-refractivity contribution is 5.81. The largest absolute Gasteiger partial charge is 0.480 e. The molecule has 7 nitrogen and oxygen atoms in total. The normalized spacial score (nSPS) is 21.6. The molecule has 21 heavy (non-hydrogen) atoms. The standard InChI is InChI=1S/C12H12F2N2O5/c1-21-6-4-9(12(17)18)15(5-6)11-8(16(19)20)3-2-7(13)10(11)14/h2-3,6,9H,4-5H2,1H3,(H,17,18). The molecule has 114 valence electrons. The summed E-state index contributed by atoms with van der Waals surface area (Å²) < 4.78 is 32.4. The predicted octanol–water partition coefficient (Wildman–Crippen LogP) is 1.55. The Morgan fingerprint density at radius 2 is 2.19 bits per heavy atom. The Balaban J connectivity index is 2.56. The molecule has 0 radical (unpaired) electrons. The number of anilines is 1. The number of carbonyl (C=O) groups is 1. The highest BCUT2D eigenvalue weighted by atomic mass is 19.2. The summed E-state index contributed by atoms with van der Waals surface area (Å²) in [7, 11) is 1.35. The number of benzene rings is 1. The first kappa shape index (κ1) is 15.1. The number of nitro groups is 1. The number of nitro benzene ring substituents is 1. The molecule has 9 heteroatoms. The molecule has 1 fully saturated rings. The fraction of sp³-hybridized carbons (Fsp3) is 0.417. The fourth-order valence-corrected chi connectivity index (χ4v) is 2.40. The summed E-state index contributed by atoms with van der Waals surface area (Å²) >= 11 is 0. The monoisotopic (exact) mass is 302 g/mol. The lowest BCUT2D eigenvalue weighted by Crippen LogP contribution is -2.37. The van der Waals surface area contributed by atoms with E-state index in [2.05, 4.69) is 0 Å². The number of ether oxygens (including phenoxy) is 1. The summed E-state index contributed by atoms with van der Waals surface area (Å²) in [6, 6.07) is 0.230. The van der Waals surface area contributed by atoms with Gasteiger partial charge in [0.25, 0.3) is 5.69 Å². The van der Waals surface area contributed by atoms with Crippen LogP contribution in [0, 0.1) is 21.7 Å². The third kappa shape index (κ3) is 2.64. The van der Waals surface area contributed by atoms with Crippen molar-refractivity contribution < 1.29 is 28.3 Å². The van der Waals surface area contributed by atoms with E-state index in [0.29, 0.717) is 6.07 Å². The third-order valence-corrected chi connectivity index (χ3v) is 3.41. The number of hydrogen-bond acceptors (Lipinski definition) is 5. The van der Waals surface area contributed by atoms with E-state index in [1.54, 1.807) is 0 Å². The smallest absolute Gasteiger partial charge is 0.326 e. The van der Waals surface area contributed by atoms with Crippen molar-refractivity contribution in [3.05, 3.63) is 33.9 Å². The molecular formula is C12H12F2N2O5. The number of carboxylic acids is 1. The number of aliphatic carboxylic acids is 1. The Hall–Kier alpha value is -2.29. The van der Waals surface area contributed by atoms with Crippen LogP contribution in [0.1, 0.15) is 6.42 Å². The molecular weight excluding hydrogens is 290 g/mol. The maximum absolute atomic E-state index is 14.0. The molecule has 1 aliphatic heterocycles. The number of hydrogen-bond donors (Lipinski definition) is 1. The number of methoxy groups -OCH3 is 1. The number of rotatable bonds is 4. The average Bonchev–Trinajstić information content (AvgIpc) is 2.85. The highest BCUT2D eigenvalue weighted by Gasteiger charge is 2.41. The first-order valence-corrected chi connectivity index (χ1v) is 6.01. The average molecular weight is 302 g/mol. The molecule has 0 aliphatic carbocycles. The summed E-state index contributed by atoms with van der Waals surface area (Å²) in [5.41, 5.74) is -1.34. The molecule has 1 aromatic rings. The molecule has 1 heterocycles. The lowest BCUT2D eigenvalue weighted by atomic mass is 10.1. The van der Waals surface area contributed by atoms with Gasteiger partial charge in [0.15, 0.2) is 17.3 Å². The second-order valence-electron chi connectivity index (χ2n) is 4.59. The van der Waals surface area contributed by atoms with Crippen LogP contribution < -0.4 is 4.90 Å². The van der Waals surface area contributed by atoms with Gasteiger partial charge in [-0.1, -0.05) is 0 Å². The van der Waals surface area contributed by atoms with Crippen LogP contribution in [0.25, 0.3) is 0 Å². The Kier molecular flexibility index (Phi) is 4.03. The van der Waals surface area contributed by atoms with Gasteiger partial charge in [0.05, 0.1) is 11.0 Å². The number of carboxylic acid groups (broad SMARTS) is 1. The molecule has 2 unspecified atom stereocenters. The molecule has 2 atom stereocenters. The molecule has 2 rings (SSSR count). The summed E-state index contributed by atoms with van der Waals surface area (Å²) in [4.78, 5) is 22.3. The van der Waals surface area contributed by atoms with E-state index in [-0.39, 0.29) is 13.0 Å². The van der Waals surface area contributed by atoms with Crippen LogP contribution in [0.3, 0.4) is 0 Å². The maximum Gasteiger partial charge on any atom is 0.326 e. The van der Waals surface area contributed by atoms with Gasteiger partial charge in [-0.05, 0) is 6.07 Å².